The van der Waals surface area contributed by atoms with Crippen molar-refractivity contribution in [1.82, 2.24) is 9.80 Å². The molecule has 27 heavy (non-hydrogen) atoms. The summed E-state index contributed by atoms with van der Waals surface area (Å²) in [5, 5.41) is 12.4. The van der Waals surface area contributed by atoms with Crippen LogP contribution in [0.2, 0.25) is 5.02 Å². The van der Waals surface area contributed by atoms with Crippen LogP contribution < -0.4 is 0 Å². The van der Waals surface area contributed by atoms with Gasteiger partial charge in [0.25, 0.3) is 5.91 Å². The van der Waals surface area contributed by atoms with E-state index in [1.54, 1.807) is 36.2 Å². The summed E-state index contributed by atoms with van der Waals surface area (Å²) >= 11 is 6.02. The quantitative estimate of drug-likeness (QED) is 0.870. The van der Waals surface area contributed by atoms with Gasteiger partial charge in [-0.25, -0.2) is 0 Å². The molecular weight excluding hydrogens is 368 g/mol. The number of morpholine rings is 1. The highest BCUT2D eigenvalue weighted by atomic mass is 35.5. The Morgan fingerprint density at radius 1 is 1.26 bits per heavy atom. The number of likely N-dealkylation sites (N-methyl/N-ethyl adjacent to an activating group) is 1. The minimum absolute atomic E-state index is 0.0670. The molecule has 0 unspecified atom stereocenters. The second-order valence-electron chi connectivity index (χ2n) is 7.41. The Kier molecular flexibility index (Phi) is 5.41. The predicted octanol–water partition coefficient (Wildman–Crippen LogP) is 2.77. The highest BCUT2D eigenvalue weighted by Crippen LogP contribution is 2.29. The molecule has 1 aliphatic heterocycles. The van der Waals surface area contributed by atoms with E-state index in [0.29, 0.717) is 23.8 Å². The Morgan fingerprint density at radius 2 is 2.04 bits per heavy atom. The van der Waals surface area contributed by atoms with E-state index in [1.807, 2.05) is 0 Å². The molecule has 2 fully saturated rings. The molecule has 1 N–H and O–H groups in total. The third-order valence-electron chi connectivity index (χ3n) is 5.81. The average molecular weight is 393 g/mol. The smallest absolute Gasteiger partial charge is 0.289 e. The monoisotopic (exact) mass is 392 g/mol. The molecule has 6 nitrogen and oxygen atoms in total. The molecule has 146 valence electrons. The van der Waals surface area contributed by atoms with Gasteiger partial charge in [-0.1, -0.05) is 11.6 Å². The van der Waals surface area contributed by atoms with Crippen LogP contribution in [0.1, 0.15) is 29.8 Å². The molecule has 2 aromatic rings. The second-order valence-corrected chi connectivity index (χ2v) is 7.85. The number of rotatable bonds is 3. The summed E-state index contributed by atoms with van der Waals surface area (Å²) in [7, 11) is 1.75. The van der Waals surface area contributed by atoms with Crippen LogP contribution in [0.4, 0.5) is 0 Å². The van der Waals surface area contributed by atoms with Crippen LogP contribution in [0, 0.1) is 0 Å². The maximum Gasteiger partial charge on any atom is 0.289 e. The summed E-state index contributed by atoms with van der Waals surface area (Å²) in [6.07, 6.45) is 2.14. The van der Waals surface area contributed by atoms with Crippen molar-refractivity contribution in [2.45, 2.75) is 37.5 Å². The molecular formula is C20H25ClN2O4. The first-order valence-corrected chi connectivity index (χ1v) is 9.88. The zero-order valence-corrected chi connectivity index (χ0v) is 16.2. The number of ether oxygens (including phenoxy) is 1. The number of halogens is 1. The fraction of sp³-hybridized carbons (Fsp3) is 0.550. The number of nitrogens with zero attached hydrogens (tertiary/aromatic N) is 2. The van der Waals surface area contributed by atoms with Gasteiger partial charge >= 0.3 is 0 Å². The van der Waals surface area contributed by atoms with Gasteiger partial charge in [0, 0.05) is 36.6 Å². The van der Waals surface area contributed by atoms with Crippen LogP contribution in [0.5, 0.6) is 0 Å². The Morgan fingerprint density at radius 3 is 2.81 bits per heavy atom. The molecule has 0 bridgehead atoms. The molecule has 1 saturated heterocycles. The minimum Gasteiger partial charge on any atom is -0.451 e. The SMILES string of the molecule is CN(C(=O)c1cc2cc(Cl)ccc2o1)[C@@H]1CCC[C@@H](N2CCOCC2)[C@@H]1O. The lowest BCUT2D eigenvalue weighted by molar-refractivity contribution is -0.0616. The molecule has 7 heteroatoms. The maximum absolute atomic E-state index is 13.0. The van der Waals surface area contributed by atoms with Crippen LogP contribution in [0.25, 0.3) is 11.0 Å². The highest BCUT2D eigenvalue weighted by molar-refractivity contribution is 6.31. The Balaban J connectivity index is 1.51. The van der Waals surface area contributed by atoms with Gasteiger partial charge in [-0.3, -0.25) is 9.69 Å². The van der Waals surface area contributed by atoms with Crippen molar-refractivity contribution < 1.29 is 19.1 Å². The standard InChI is InChI=1S/C20H25ClN2O4/c1-22(20(25)18-12-13-11-14(21)5-6-17(13)27-18)15-3-2-4-16(19(15)24)23-7-9-26-10-8-23/h5-6,11-12,15-16,19,24H,2-4,7-10H2,1H3/t15-,16-,19-/m1/s1. The van der Waals surface area contributed by atoms with Crippen molar-refractivity contribution in [2.75, 3.05) is 33.4 Å². The van der Waals surface area contributed by atoms with Crippen LogP contribution in [0.15, 0.2) is 28.7 Å². The third kappa shape index (κ3) is 3.72. The molecule has 2 heterocycles. The van der Waals surface area contributed by atoms with E-state index in [9.17, 15) is 9.90 Å². The number of hydrogen-bond acceptors (Lipinski definition) is 5. The lowest BCUT2D eigenvalue weighted by Crippen LogP contribution is -2.58. The number of carbonyl (C=O) groups excluding carboxylic acids is 1. The number of furan rings is 1. The summed E-state index contributed by atoms with van der Waals surface area (Å²) < 4.78 is 11.1. The summed E-state index contributed by atoms with van der Waals surface area (Å²) in [6.45, 7) is 3.06. The van der Waals surface area contributed by atoms with Crippen molar-refractivity contribution in [3.05, 3.63) is 35.0 Å². The number of amides is 1. The van der Waals surface area contributed by atoms with Gasteiger partial charge in [0.1, 0.15) is 5.58 Å². The van der Waals surface area contributed by atoms with Gasteiger partial charge < -0.3 is 19.2 Å². The molecule has 1 aliphatic carbocycles. The highest BCUT2D eigenvalue weighted by Gasteiger charge is 2.39. The van der Waals surface area contributed by atoms with Gasteiger partial charge in [-0.15, -0.1) is 0 Å². The Labute approximate surface area is 163 Å². The summed E-state index contributed by atoms with van der Waals surface area (Å²) in [5.41, 5.74) is 0.631. The van der Waals surface area contributed by atoms with Gasteiger partial charge in [-0.2, -0.15) is 0 Å². The molecule has 1 saturated carbocycles. The predicted molar refractivity (Wildman–Crippen MR) is 103 cm³/mol. The van der Waals surface area contributed by atoms with E-state index >= 15 is 0 Å². The van der Waals surface area contributed by atoms with Crippen LogP contribution in [-0.4, -0.2) is 72.4 Å². The van der Waals surface area contributed by atoms with Crippen LogP contribution in [0.3, 0.4) is 0 Å². The van der Waals surface area contributed by atoms with Gasteiger partial charge in [0.15, 0.2) is 5.76 Å². The lowest BCUT2D eigenvalue weighted by atomic mass is 9.86. The van der Waals surface area contributed by atoms with E-state index in [2.05, 4.69) is 4.90 Å². The molecule has 0 spiro atoms. The average Bonchev–Trinajstić information content (AvgIpc) is 3.11. The number of aliphatic hydroxyl groups excluding tert-OH is 1. The molecule has 4 rings (SSSR count). The van der Waals surface area contributed by atoms with E-state index in [-0.39, 0.29) is 23.8 Å². The van der Waals surface area contributed by atoms with Crippen LogP contribution >= 0.6 is 11.6 Å². The number of aliphatic hydroxyl groups is 1. The maximum atomic E-state index is 13.0. The number of hydrogen-bond donors (Lipinski definition) is 1. The molecule has 1 aromatic carbocycles. The van der Waals surface area contributed by atoms with Crippen LogP contribution in [-0.2, 0) is 4.74 Å². The molecule has 2 aliphatic rings. The lowest BCUT2D eigenvalue weighted by Gasteiger charge is -2.45. The minimum atomic E-state index is -0.579. The summed E-state index contributed by atoms with van der Waals surface area (Å²) in [5.74, 6) is 0.0597. The Hall–Kier alpha value is -1.60. The zero-order valence-electron chi connectivity index (χ0n) is 15.4. The fourth-order valence-electron chi connectivity index (χ4n) is 4.31. The number of benzene rings is 1. The first-order chi connectivity index (χ1) is 13.0. The van der Waals surface area contributed by atoms with Crippen molar-refractivity contribution in [3.63, 3.8) is 0 Å². The topological polar surface area (TPSA) is 66.2 Å². The summed E-state index contributed by atoms with van der Waals surface area (Å²) in [4.78, 5) is 16.9. The molecule has 0 radical (unpaired) electrons. The number of fused-ring (bicyclic) bond motifs is 1. The summed E-state index contributed by atoms with van der Waals surface area (Å²) in [6, 6.07) is 6.84. The fourth-order valence-corrected chi connectivity index (χ4v) is 4.49. The van der Waals surface area contributed by atoms with E-state index in [4.69, 9.17) is 20.8 Å². The third-order valence-corrected chi connectivity index (χ3v) is 6.04. The van der Waals surface area contributed by atoms with Crippen molar-refractivity contribution in [3.8, 4) is 0 Å². The molecule has 1 amide bonds. The number of carbonyl (C=O) groups is 1. The molecule has 1 aromatic heterocycles. The van der Waals surface area contributed by atoms with E-state index in [1.165, 1.54) is 0 Å². The van der Waals surface area contributed by atoms with Crippen molar-refractivity contribution >= 4 is 28.5 Å². The largest absolute Gasteiger partial charge is 0.451 e. The Bertz CT molecular complexity index is 817. The van der Waals surface area contributed by atoms with E-state index < -0.39 is 6.10 Å². The second kappa shape index (κ2) is 7.80. The van der Waals surface area contributed by atoms with Crippen molar-refractivity contribution in [1.29, 1.82) is 0 Å². The first kappa shape index (κ1) is 18.7. The van der Waals surface area contributed by atoms with Gasteiger partial charge in [-0.05, 0) is 43.5 Å². The van der Waals surface area contributed by atoms with Gasteiger partial charge in [0.2, 0.25) is 0 Å². The van der Waals surface area contributed by atoms with Crippen molar-refractivity contribution in [2.24, 2.45) is 0 Å². The van der Waals surface area contributed by atoms with E-state index in [0.717, 1.165) is 37.7 Å². The van der Waals surface area contributed by atoms with Gasteiger partial charge in [0.05, 0.1) is 25.4 Å². The normalized spacial score (nSPS) is 27.0. The first-order valence-electron chi connectivity index (χ1n) is 9.51. The molecule has 3 atom stereocenters. The zero-order chi connectivity index (χ0) is 19.0.